The van der Waals surface area contributed by atoms with Gasteiger partial charge in [-0.1, -0.05) is 33.1 Å². The molecule has 0 amide bonds. The molecule has 1 saturated carbocycles. The molecule has 0 radical (unpaired) electrons. The van der Waals surface area contributed by atoms with Gasteiger partial charge in [-0.15, -0.1) is 0 Å². The van der Waals surface area contributed by atoms with Crippen LogP contribution < -0.4 is 0 Å². The predicted octanol–water partition coefficient (Wildman–Crippen LogP) is 3.93. The Morgan fingerprint density at radius 1 is 1.07 bits per heavy atom. The Bertz CT molecular complexity index is 157. The lowest BCUT2D eigenvalue weighted by atomic mass is 9.75. The first-order valence-electron chi connectivity index (χ1n) is 6.85. The maximum Gasteiger partial charge on any atom is 0.00893 e. The second kappa shape index (κ2) is 6.52. The van der Waals surface area contributed by atoms with Gasteiger partial charge in [-0.3, -0.25) is 0 Å². The second-order valence-electron chi connectivity index (χ2n) is 5.49. The van der Waals surface area contributed by atoms with E-state index in [0.29, 0.717) is 0 Å². The molecule has 0 N–H and O–H groups in total. The van der Waals surface area contributed by atoms with Crippen LogP contribution in [-0.4, -0.2) is 25.0 Å². The van der Waals surface area contributed by atoms with Crippen LogP contribution >= 0.6 is 0 Å². The van der Waals surface area contributed by atoms with Crippen molar-refractivity contribution in [3.8, 4) is 0 Å². The van der Waals surface area contributed by atoms with Crippen molar-refractivity contribution in [1.29, 1.82) is 0 Å². The zero-order chi connectivity index (χ0) is 11.3. The minimum atomic E-state index is 0.861. The van der Waals surface area contributed by atoms with E-state index in [0.717, 1.165) is 17.9 Å². The van der Waals surface area contributed by atoms with Crippen LogP contribution in [0.25, 0.3) is 0 Å². The summed E-state index contributed by atoms with van der Waals surface area (Å²) in [6, 6.07) is 0.861. The van der Waals surface area contributed by atoms with Crippen molar-refractivity contribution < 1.29 is 0 Å². The van der Waals surface area contributed by atoms with Crippen molar-refractivity contribution in [2.45, 2.75) is 64.8 Å². The van der Waals surface area contributed by atoms with Gasteiger partial charge in [0, 0.05) is 6.04 Å². The number of rotatable bonds is 5. The lowest BCUT2D eigenvalue weighted by molar-refractivity contribution is 0.151. The topological polar surface area (TPSA) is 3.24 Å². The molecule has 1 aliphatic carbocycles. The first kappa shape index (κ1) is 13.0. The number of nitrogens with zero attached hydrogens (tertiary/aromatic N) is 1. The van der Waals surface area contributed by atoms with E-state index in [2.05, 4.69) is 32.8 Å². The Labute approximate surface area is 96.2 Å². The Morgan fingerprint density at radius 3 is 2.07 bits per heavy atom. The SMILES string of the molecule is CCCC(CC)C1CCC(N(C)C)CC1. The fourth-order valence-corrected chi connectivity index (χ4v) is 3.23. The highest BCUT2D eigenvalue weighted by Gasteiger charge is 2.26. The maximum absolute atomic E-state index is 2.41. The highest BCUT2D eigenvalue weighted by Crippen LogP contribution is 2.35. The molecule has 0 heterocycles. The summed E-state index contributed by atoms with van der Waals surface area (Å²) in [6.07, 6.45) is 10.0. The summed E-state index contributed by atoms with van der Waals surface area (Å²) in [5.41, 5.74) is 0. The highest BCUT2D eigenvalue weighted by molar-refractivity contribution is 4.80. The molecule has 1 heteroatoms. The van der Waals surface area contributed by atoms with Crippen molar-refractivity contribution >= 4 is 0 Å². The van der Waals surface area contributed by atoms with E-state index in [1.54, 1.807) is 0 Å². The van der Waals surface area contributed by atoms with Crippen LogP contribution in [0.4, 0.5) is 0 Å². The van der Waals surface area contributed by atoms with Gasteiger partial charge in [-0.25, -0.2) is 0 Å². The van der Waals surface area contributed by atoms with E-state index in [1.165, 1.54) is 44.9 Å². The molecule has 15 heavy (non-hydrogen) atoms. The van der Waals surface area contributed by atoms with Crippen LogP contribution in [0, 0.1) is 11.8 Å². The summed E-state index contributed by atoms with van der Waals surface area (Å²) in [6.45, 7) is 4.70. The molecule has 90 valence electrons. The molecule has 0 bridgehead atoms. The second-order valence-corrected chi connectivity index (χ2v) is 5.49. The Hall–Kier alpha value is -0.0400. The van der Waals surface area contributed by atoms with Crippen molar-refractivity contribution in [3.05, 3.63) is 0 Å². The third kappa shape index (κ3) is 3.79. The van der Waals surface area contributed by atoms with Gasteiger partial charge >= 0.3 is 0 Å². The summed E-state index contributed by atoms with van der Waals surface area (Å²) in [5, 5.41) is 0. The summed E-state index contributed by atoms with van der Waals surface area (Å²) in [4.78, 5) is 2.41. The van der Waals surface area contributed by atoms with Crippen LogP contribution in [-0.2, 0) is 0 Å². The van der Waals surface area contributed by atoms with E-state index in [1.807, 2.05) is 0 Å². The Morgan fingerprint density at radius 2 is 1.67 bits per heavy atom. The average Bonchev–Trinajstić information content (AvgIpc) is 2.26. The molecule has 0 aromatic carbocycles. The molecule has 0 aromatic rings. The maximum atomic E-state index is 2.41. The van der Waals surface area contributed by atoms with Crippen LogP contribution in [0.2, 0.25) is 0 Å². The summed E-state index contributed by atoms with van der Waals surface area (Å²) < 4.78 is 0. The molecule has 0 saturated heterocycles. The van der Waals surface area contributed by atoms with Gasteiger partial charge in [-0.2, -0.15) is 0 Å². The lowest BCUT2D eigenvalue weighted by Crippen LogP contribution is -2.33. The predicted molar refractivity (Wildman–Crippen MR) is 68.1 cm³/mol. The molecule has 1 fully saturated rings. The zero-order valence-corrected chi connectivity index (χ0v) is 11.1. The third-order valence-electron chi connectivity index (χ3n) is 4.32. The van der Waals surface area contributed by atoms with Crippen LogP contribution in [0.3, 0.4) is 0 Å². The molecule has 1 unspecified atom stereocenters. The third-order valence-corrected chi connectivity index (χ3v) is 4.32. The fraction of sp³-hybridized carbons (Fsp3) is 1.00. The molecular weight excluding hydrogens is 182 g/mol. The van der Waals surface area contributed by atoms with Crippen LogP contribution in [0.1, 0.15) is 58.8 Å². The molecule has 0 spiro atoms. The molecule has 1 atom stereocenters. The van der Waals surface area contributed by atoms with Crippen molar-refractivity contribution in [1.82, 2.24) is 4.90 Å². The molecule has 0 aliphatic heterocycles. The highest BCUT2D eigenvalue weighted by atomic mass is 15.1. The lowest BCUT2D eigenvalue weighted by Gasteiger charge is -2.36. The van der Waals surface area contributed by atoms with Gasteiger partial charge in [0.15, 0.2) is 0 Å². The quantitative estimate of drug-likeness (QED) is 0.666. The van der Waals surface area contributed by atoms with Gasteiger partial charge < -0.3 is 4.90 Å². The summed E-state index contributed by atoms with van der Waals surface area (Å²) in [5.74, 6) is 2.05. The van der Waals surface area contributed by atoms with Gasteiger partial charge in [0.2, 0.25) is 0 Å². The molecule has 0 aromatic heterocycles. The summed E-state index contributed by atoms with van der Waals surface area (Å²) >= 11 is 0. The van der Waals surface area contributed by atoms with Gasteiger partial charge in [0.05, 0.1) is 0 Å². The van der Waals surface area contributed by atoms with Crippen LogP contribution in [0.15, 0.2) is 0 Å². The molecule has 1 aliphatic rings. The van der Waals surface area contributed by atoms with Crippen molar-refractivity contribution in [2.24, 2.45) is 11.8 Å². The minimum absolute atomic E-state index is 0.861. The van der Waals surface area contributed by atoms with E-state index in [4.69, 9.17) is 0 Å². The minimum Gasteiger partial charge on any atom is -0.306 e. The van der Waals surface area contributed by atoms with E-state index >= 15 is 0 Å². The average molecular weight is 211 g/mol. The Kier molecular flexibility index (Phi) is 5.66. The zero-order valence-electron chi connectivity index (χ0n) is 11.1. The van der Waals surface area contributed by atoms with E-state index in [-0.39, 0.29) is 0 Å². The monoisotopic (exact) mass is 211 g/mol. The molecule has 1 nitrogen and oxygen atoms in total. The van der Waals surface area contributed by atoms with Gasteiger partial charge in [-0.05, 0) is 51.6 Å². The largest absolute Gasteiger partial charge is 0.306 e. The van der Waals surface area contributed by atoms with Crippen molar-refractivity contribution in [2.75, 3.05) is 14.1 Å². The van der Waals surface area contributed by atoms with Gasteiger partial charge in [0.1, 0.15) is 0 Å². The van der Waals surface area contributed by atoms with E-state index in [9.17, 15) is 0 Å². The summed E-state index contributed by atoms with van der Waals surface area (Å²) in [7, 11) is 4.46. The molecule has 1 rings (SSSR count). The van der Waals surface area contributed by atoms with Crippen LogP contribution in [0.5, 0.6) is 0 Å². The van der Waals surface area contributed by atoms with E-state index < -0.39 is 0 Å². The normalized spacial score (nSPS) is 29.4. The van der Waals surface area contributed by atoms with Crippen molar-refractivity contribution in [3.63, 3.8) is 0 Å². The number of hydrogen-bond acceptors (Lipinski definition) is 1. The fourth-order valence-electron chi connectivity index (χ4n) is 3.23. The first-order valence-corrected chi connectivity index (χ1v) is 6.85. The number of hydrogen-bond donors (Lipinski definition) is 0. The smallest absolute Gasteiger partial charge is 0.00893 e. The first-order chi connectivity index (χ1) is 7.19. The van der Waals surface area contributed by atoms with Gasteiger partial charge in [0.25, 0.3) is 0 Å². The Balaban J connectivity index is 2.35. The standard InChI is InChI=1S/C14H29N/c1-5-7-12(6-2)13-8-10-14(11-9-13)15(3)4/h12-14H,5-11H2,1-4H3. The molecular formula is C14H29N.